The summed E-state index contributed by atoms with van der Waals surface area (Å²) in [6.07, 6.45) is 2.02. The lowest BCUT2D eigenvalue weighted by molar-refractivity contribution is -0.118. The molecule has 0 spiro atoms. The number of carbonyl (C=O) groups excluding carboxylic acids is 2. The van der Waals surface area contributed by atoms with E-state index in [4.69, 9.17) is 4.74 Å². The van der Waals surface area contributed by atoms with Gasteiger partial charge in [0.05, 0.1) is 28.5 Å². The number of esters is 1. The molecule has 1 unspecified atom stereocenters. The summed E-state index contributed by atoms with van der Waals surface area (Å²) in [4.78, 5) is 31.1. The molecule has 1 aliphatic carbocycles. The van der Waals surface area contributed by atoms with Crippen molar-refractivity contribution < 1.29 is 14.3 Å². The molecule has 28 heavy (non-hydrogen) atoms. The number of aromatic nitrogens is 1. The third-order valence-corrected chi connectivity index (χ3v) is 6.82. The SMILES string of the molecule is CCC1(c2cccc(C(=O)OC)c2)C2=C(CC(C)(C)CC2=O)Nc2ncsc21. The third-order valence-electron chi connectivity index (χ3n) is 5.83. The number of fused-ring (bicyclic) bond motifs is 1. The zero-order chi connectivity index (χ0) is 20.1. The number of benzene rings is 1. The summed E-state index contributed by atoms with van der Waals surface area (Å²) in [7, 11) is 1.38. The fraction of sp³-hybridized carbons (Fsp3) is 0.409. The van der Waals surface area contributed by atoms with Gasteiger partial charge in [-0.05, 0) is 36.0 Å². The minimum atomic E-state index is -0.602. The Morgan fingerprint density at radius 1 is 1.32 bits per heavy atom. The molecule has 1 atom stereocenters. The number of ether oxygens (including phenoxy) is 1. The zero-order valence-corrected chi connectivity index (χ0v) is 17.4. The summed E-state index contributed by atoms with van der Waals surface area (Å²) in [5.74, 6) is 0.611. The largest absolute Gasteiger partial charge is 0.465 e. The molecule has 1 N–H and O–H groups in total. The van der Waals surface area contributed by atoms with Crippen LogP contribution in [0.25, 0.3) is 0 Å². The predicted octanol–water partition coefficient (Wildman–Crippen LogP) is 4.69. The molecule has 1 aromatic carbocycles. The topological polar surface area (TPSA) is 68.3 Å². The second-order valence-electron chi connectivity index (χ2n) is 8.28. The predicted molar refractivity (Wildman–Crippen MR) is 110 cm³/mol. The van der Waals surface area contributed by atoms with Gasteiger partial charge in [-0.2, -0.15) is 0 Å². The number of methoxy groups -OCH3 is 1. The Labute approximate surface area is 168 Å². The number of allylic oxidation sites excluding steroid dienone is 2. The van der Waals surface area contributed by atoms with E-state index in [-0.39, 0.29) is 17.2 Å². The molecule has 5 nitrogen and oxygen atoms in total. The molecule has 0 saturated heterocycles. The van der Waals surface area contributed by atoms with E-state index in [9.17, 15) is 9.59 Å². The smallest absolute Gasteiger partial charge is 0.337 e. The van der Waals surface area contributed by atoms with Crippen LogP contribution in [-0.2, 0) is 14.9 Å². The number of anilines is 1. The van der Waals surface area contributed by atoms with Crippen LogP contribution in [0, 0.1) is 5.41 Å². The maximum absolute atomic E-state index is 13.4. The van der Waals surface area contributed by atoms with Gasteiger partial charge in [-0.25, -0.2) is 9.78 Å². The van der Waals surface area contributed by atoms with Crippen molar-refractivity contribution in [3.8, 4) is 0 Å². The zero-order valence-electron chi connectivity index (χ0n) is 16.6. The first-order valence-corrected chi connectivity index (χ1v) is 10.4. The van der Waals surface area contributed by atoms with Crippen LogP contribution in [0.1, 0.15) is 60.8 Å². The number of carbonyl (C=O) groups is 2. The lowest BCUT2D eigenvalue weighted by Gasteiger charge is -2.44. The van der Waals surface area contributed by atoms with Gasteiger partial charge in [0.2, 0.25) is 0 Å². The van der Waals surface area contributed by atoms with E-state index in [1.165, 1.54) is 7.11 Å². The maximum atomic E-state index is 13.4. The van der Waals surface area contributed by atoms with Crippen LogP contribution in [-0.4, -0.2) is 23.8 Å². The Morgan fingerprint density at radius 2 is 2.11 bits per heavy atom. The minimum absolute atomic E-state index is 0.0935. The molecule has 0 saturated carbocycles. The standard InChI is InChI=1S/C22H24N2O3S/c1-5-22(14-8-6-7-13(9-14)20(26)27-4)17-15(10-21(2,3)11-16(17)25)24-19-18(22)28-12-23-19/h6-9,12,24H,5,10-11H2,1-4H3. The monoisotopic (exact) mass is 396 g/mol. The van der Waals surface area contributed by atoms with Crippen LogP contribution in [0.15, 0.2) is 41.0 Å². The molecule has 0 bridgehead atoms. The van der Waals surface area contributed by atoms with Crippen LogP contribution in [0.3, 0.4) is 0 Å². The first-order chi connectivity index (χ1) is 13.3. The van der Waals surface area contributed by atoms with Gasteiger partial charge in [0.15, 0.2) is 5.78 Å². The molecule has 2 heterocycles. The highest BCUT2D eigenvalue weighted by atomic mass is 32.1. The molecule has 0 amide bonds. The molecule has 6 heteroatoms. The van der Waals surface area contributed by atoms with E-state index in [1.807, 2.05) is 23.7 Å². The molecule has 2 aromatic rings. The Bertz CT molecular complexity index is 1000. The fourth-order valence-electron chi connectivity index (χ4n) is 4.66. The fourth-order valence-corrected chi connectivity index (χ4v) is 5.71. The van der Waals surface area contributed by atoms with Crippen molar-refractivity contribution in [1.82, 2.24) is 4.98 Å². The second-order valence-corrected chi connectivity index (χ2v) is 9.14. The van der Waals surface area contributed by atoms with E-state index >= 15 is 0 Å². The highest BCUT2D eigenvalue weighted by Gasteiger charge is 2.50. The first-order valence-electron chi connectivity index (χ1n) is 9.49. The molecule has 1 aromatic heterocycles. The molecule has 0 radical (unpaired) electrons. The lowest BCUT2D eigenvalue weighted by Crippen LogP contribution is -2.43. The highest BCUT2D eigenvalue weighted by molar-refractivity contribution is 7.10. The Kier molecular flexibility index (Phi) is 4.42. The van der Waals surface area contributed by atoms with Gasteiger partial charge in [-0.15, -0.1) is 11.3 Å². The average Bonchev–Trinajstić information content (AvgIpc) is 3.13. The van der Waals surface area contributed by atoms with Crippen molar-refractivity contribution >= 4 is 28.9 Å². The minimum Gasteiger partial charge on any atom is -0.465 e. The van der Waals surface area contributed by atoms with Gasteiger partial charge < -0.3 is 10.1 Å². The van der Waals surface area contributed by atoms with E-state index in [0.29, 0.717) is 18.4 Å². The van der Waals surface area contributed by atoms with E-state index in [0.717, 1.165) is 33.9 Å². The van der Waals surface area contributed by atoms with Crippen LogP contribution in [0.2, 0.25) is 0 Å². The van der Waals surface area contributed by atoms with Crippen molar-refractivity contribution in [2.24, 2.45) is 5.41 Å². The normalized spacial score (nSPS) is 22.9. The van der Waals surface area contributed by atoms with Crippen molar-refractivity contribution in [3.05, 3.63) is 57.1 Å². The number of thiazole rings is 1. The Morgan fingerprint density at radius 3 is 2.82 bits per heavy atom. The molecule has 4 rings (SSSR count). The first kappa shape index (κ1) is 18.9. The van der Waals surface area contributed by atoms with Gasteiger partial charge in [0, 0.05) is 17.7 Å². The number of hydrogen-bond donors (Lipinski definition) is 1. The van der Waals surface area contributed by atoms with Crippen molar-refractivity contribution in [2.45, 2.75) is 45.4 Å². The van der Waals surface area contributed by atoms with Crippen LogP contribution < -0.4 is 5.32 Å². The Balaban J connectivity index is 2.00. The quantitative estimate of drug-likeness (QED) is 0.762. The average molecular weight is 397 g/mol. The molecule has 2 aliphatic rings. The van der Waals surface area contributed by atoms with E-state index in [2.05, 4.69) is 31.1 Å². The number of hydrogen-bond acceptors (Lipinski definition) is 6. The molecular formula is C22H24N2O3S. The molecular weight excluding hydrogens is 372 g/mol. The van der Waals surface area contributed by atoms with Crippen LogP contribution in [0.4, 0.5) is 5.82 Å². The summed E-state index contributed by atoms with van der Waals surface area (Å²) in [5, 5.41) is 3.44. The van der Waals surface area contributed by atoms with Crippen LogP contribution >= 0.6 is 11.3 Å². The van der Waals surface area contributed by atoms with Crippen LogP contribution in [0.5, 0.6) is 0 Å². The Hall–Kier alpha value is -2.47. The van der Waals surface area contributed by atoms with Gasteiger partial charge >= 0.3 is 5.97 Å². The van der Waals surface area contributed by atoms with Gasteiger partial charge in [0.25, 0.3) is 0 Å². The third kappa shape index (κ3) is 2.70. The molecule has 146 valence electrons. The molecule has 1 aliphatic heterocycles. The van der Waals surface area contributed by atoms with Crippen molar-refractivity contribution in [2.75, 3.05) is 12.4 Å². The number of rotatable bonds is 3. The lowest BCUT2D eigenvalue weighted by atomic mass is 9.62. The molecule has 0 fully saturated rings. The van der Waals surface area contributed by atoms with E-state index in [1.54, 1.807) is 17.4 Å². The second kappa shape index (κ2) is 6.55. The number of nitrogens with one attached hydrogen (secondary N) is 1. The maximum Gasteiger partial charge on any atom is 0.337 e. The summed E-state index contributed by atoms with van der Waals surface area (Å²) >= 11 is 1.55. The van der Waals surface area contributed by atoms with Crippen molar-refractivity contribution in [3.63, 3.8) is 0 Å². The summed E-state index contributed by atoms with van der Waals surface area (Å²) in [6, 6.07) is 7.47. The van der Waals surface area contributed by atoms with Crippen molar-refractivity contribution in [1.29, 1.82) is 0 Å². The number of nitrogens with zero attached hydrogens (tertiary/aromatic N) is 1. The number of Topliss-reactive ketones (excluding diaryl/α,β-unsaturated/α-hetero) is 1. The van der Waals surface area contributed by atoms with Gasteiger partial charge in [-0.3, -0.25) is 4.79 Å². The summed E-state index contributed by atoms with van der Waals surface area (Å²) in [6.45, 7) is 6.34. The van der Waals surface area contributed by atoms with E-state index < -0.39 is 5.41 Å². The van der Waals surface area contributed by atoms with Gasteiger partial charge in [0.1, 0.15) is 5.82 Å². The summed E-state index contributed by atoms with van der Waals surface area (Å²) in [5.41, 5.74) is 4.34. The van der Waals surface area contributed by atoms with Gasteiger partial charge in [-0.1, -0.05) is 32.9 Å². The summed E-state index contributed by atoms with van der Waals surface area (Å²) < 4.78 is 4.91. The highest BCUT2D eigenvalue weighted by Crippen LogP contribution is 2.55. The number of ketones is 1.